The number of hydrogen-bond acceptors (Lipinski definition) is 4. The second-order valence-corrected chi connectivity index (χ2v) is 16.7. The second kappa shape index (κ2) is 39.1. The molecule has 6 nitrogen and oxygen atoms in total. The molecule has 0 aromatic carbocycles. The van der Waals surface area contributed by atoms with Gasteiger partial charge in [-0.1, -0.05) is 168 Å². The maximum absolute atomic E-state index is 12.7. The van der Waals surface area contributed by atoms with Gasteiger partial charge in [0, 0.05) is 0 Å². The molecule has 0 unspecified atom stereocenters. The minimum absolute atomic E-state index is 0. The molecule has 0 saturated heterocycles. The van der Waals surface area contributed by atoms with Crippen molar-refractivity contribution >= 4 is 11.9 Å². The van der Waals surface area contributed by atoms with Gasteiger partial charge in [-0.15, -0.1) is 0 Å². The van der Waals surface area contributed by atoms with Crippen LogP contribution >= 0.6 is 0 Å². The molecule has 0 aliphatic heterocycles. The van der Waals surface area contributed by atoms with Gasteiger partial charge in [0.25, 0.3) is 6.17 Å². The number of unbranched alkanes of at least 4 members (excludes halogenated alkanes) is 26. The van der Waals surface area contributed by atoms with E-state index in [-0.39, 0.29) is 64.9 Å². The number of carbonyl (C=O) groups excluding carboxylic acids is 2. The number of rotatable bonds is 38. The first kappa shape index (κ1) is 56.2. The van der Waals surface area contributed by atoms with Crippen molar-refractivity contribution in [3.8, 4) is 0 Å². The molecule has 0 radical (unpaired) electrons. The summed E-state index contributed by atoms with van der Waals surface area (Å²) in [6, 6.07) is 0. The van der Waals surface area contributed by atoms with Gasteiger partial charge in [0.15, 0.2) is 6.61 Å². The summed E-state index contributed by atoms with van der Waals surface area (Å²) in [5, 5.41) is 0. The Labute approximate surface area is 346 Å². The lowest BCUT2D eigenvalue weighted by atomic mass is 10.0. The van der Waals surface area contributed by atoms with E-state index in [9.17, 15) is 9.59 Å². The van der Waals surface area contributed by atoms with E-state index in [0.29, 0.717) is 13.2 Å². The standard InChI is InChI=1S/C44H90N2O4.2BrH/c1-8-11-13-15-17-19-21-23-25-27-29-31-33-35-39-45(4,5)42(41-50-44(48)38-37-43(47)49-10-3)46(6,7)40-36-34-32-30-28-26-24-22-20-18-16-14-12-9-2;;/h42H,8-41H2,1-7H3;2*1H/q+2;;/p-2. The number of esters is 2. The third-order valence-electron chi connectivity index (χ3n) is 11.0. The van der Waals surface area contributed by atoms with E-state index in [4.69, 9.17) is 9.47 Å². The monoisotopic (exact) mass is 869 g/mol. The molecule has 0 N–H and O–H groups in total. The molecular formula is C44H90Br2N2O4. The number of nitrogens with zero attached hydrogens (tertiary/aromatic N) is 2. The van der Waals surface area contributed by atoms with Gasteiger partial charge in [-0.3, -0.25) is 18.6 Å². The van der Waals surface area contributed by atoms with Crippen molar-refractivity contribution in [2.45, 2.75) is 220 Å². The van der Waals surface area contributed by atoms with Crippen LogP contribution in [0.25, 0.3) is 0 Å². The molecule has 0 spiro atoms. The van der Waals surface area contributed by atoms with Gasteiger partial charge in [-0.25, -0.2) is 0 Å². The zero-order valence-corrected chi connectivity index (χ0v) is 39.1. The minimum atomic E-state index is -0.330. The molecule has 314 valence electrons. The summed E-state index contributed by atoms with van der Waals surface area (Å²) >= 11 is 0. The minimum Gasteiger partial charge on any atom is -1.00 e. The van der Waals surface area contributed by atoms with Gasteiger partial charge in [-0.2, -0.15) is 0 Å². The molecule has 0 aromatic rings. The van der Waals surface area contributed by atoms with Crippen LogP contribution in [0.2, 0.25) is 0 Å². The highest BCUT2D eigenvalue weighted by atomic mass is 79.9. The van der Waals surface area contributed by atoms with E-state index in [2.05, 4.69) is 42.0 Å². The first-order valence-electron chi connectivity index (χ1n) is 22.1. The van der Waals surface area contributed by atoms with Gasteiger partial charge in [0.2, 0.25) is 0 Å². The smallest absolute Gasteiger partial charge is 0.306 e. The van der Waals surface area contributed by atoms with Gasteiger partial charge >= 0.3 is 11.9 Å². The molecule has 52 heavy (non-hydrogen) atoms. The first-order chi connectivity index (χ1) is 24.1. The molecule has 0 amide bonds. The van der Waals surface area contributed by atoms with Crippen LogP contribution in [0, 0.1) is 0 Å². The lowest BCUT2D eigenvalue weighted by Gasteiger charge is -2.46. The van der Waals surface area contributed by atoms with Crippen LogP contribution in [0.15, 0.2) is 0 Å². The average molecular weight is 871 g/mol. The van der Waals surface area contributed by atoms with Crippen molar-refractivity contribution in [2.75, 3.05) is 54.5 Å². The van der Waals surface area contributed by atoms with Gasteiger partial charge < -0.3 is 43.4 Å². The van der Waals surface area contributed by atoms with Gasteiger partial charge in [0.1, 0.15) is 0 Å². The maximum Gasteiger partial charge on any atom is 0.306 e. The molecule has 8 heteroatoms. The zero-order chi connectivity index (χ0) is 37.2. The first-order valence-corrected chi connectivity index (χ1v) is 22.1. The Bertz CT molecular complexity index is 737. The van der Waals surface area contributed by atoms with Gasteiger partial charge in [-0.05, 0) is 32.6 Å². The Morgan fingerprint density at radius 2 is 0.654 bits per heavy atom. The summed E-state index contributed by atoms with van der Waals surface area (Å²) in [4.78, 5) is 24.5. The molecule has 0 bridgehead atoms. The molecule has 0 fully saturated rings. The largest absolute Gasteiger partial charge is 1.00 e. The zero-order valence-electron chi connectivity index (χ0n) is 35.9. The Kier molecular flexibility index (Phi) is 42.2. The van der Waals surface area contributed by atoms with Crippen molar-refractivity contribution < 1.29 is 62.0 Å². The number of hydrogen-bond donors (Lipinski definition) is 0. The van der Waals surface area contributed by atoms with Crippen LogP contribution < -0.4 is 34.0 Å². The molecular weight excluding hydrogens is 780 g/mol. The van der Waals surface area contributed by atoms with Crippen molar-refractivity contribution in [1.29, 1.82) is 0 Å². The highest BCUT2D eigenvalue weighted by Gasteiger charge is 2.42. The second-order valence-electron chi connectivity index (χ2n) is 16.7. The summed E-state index contributed by atoms with van der Waals surface area (Å²) in [5.74, 6) is -0.625. The third kappa shape index (κ3) is 34.3. The predicted octanol–water partition coefficient (Wildman–Crippen LogP) is 6.32. The number of carbonyl (C=O) groups is 2. The van der Waals surface area contributed by atoms with Crippen molar-refractivity contribution in [3.63, 3.8) is 0 Å². The normalized spacial score (nSPS) is 11.7. The number of halogens is 2. The Balaban J connectivity index is -0.0000120. The lowest BCUT2D eigenvalue weighted by molar-refractivity contribution is -1.10. The summed E-state index contributed by atoms with van der Waals surface area (Å²) in [6.45, 7) is 9.27. The van der Waals surface area contributed by atoms with Crippen LogP contribution in [0.1, 0.15) is 213 Å². The average Bonchev–Trinajstić information content (AvgIpc) is 3.07. The quantitative estimate of drug-likeness (QED) is 0.0316. The van der Waals surface area contributed by atoms with E-state index < -0.39 is 0 Å². The van der Waals surface area contributed by atoms with Crippen molar-refractivity contribution in [2.24, 2.45) is 0 Å². The molecule has 0 rings (SSSR count). The fraction of sp³-hybridized carbons (Fsp3) is 0.955. The molecule has 0 heterocycles. The van der Waals surface area contributed by atoms with Crippen LogP contribution in [0.5, 0.6) is 0 Å². The molecule has 0 aliphatic carbocycles. The molecule has 0 atom stereocenters. The number of likely N-dealkylation sites (N-methyl/N-ethyl adjacent to an activating group) is 2. The molecule has 0 aliphatic rings. The fourth-order valence-electron chi connectivity index (χ4n) is 7.65. The van der Waals surface area contributed by atoms with Crippen LogP contribution in [-0.4, -0.2) is 81.6 Å². The predicted molar refractivity (Wildman–Crippen MR) is 215 cm³/mol. The maximum atomic E-state index is 12.7. The summed E-state index contributed by atoms with van der Waals surface area (Å²) in [6.07, 6.45) is 38.7. The summed E-state index contributed by atoms with van der Waals surface area (Å²) < 4.78 is 12.6. The van der Waals surface area contributed by atoms with Crippen molar-refractivity contribution in [1.82, 2.24) is 0 Å². The Morgan fingerprint density at radius 3 is 0.923 bits per heavy atom. The van der Waals surface area contributed by atoms with E-state index in [0.717, 1.165) is 22.1 Å². The molecule has 0 aromatic heterocycles. The number of quaternary nitrogens is 2. The Hall–Kier alpha value is -0.180. The van der Waals surface area contributed by atoms with Gasteiger partial charge in [0.05, 0.1) is 60.7 Å². The summed E-state index contributed by atoms with van der Waals surface area (Å²) in [7, 11) is 9.30. The van der Waals surface area contributed by atoms with E-state index in [1.54, 1.807) is 6.92 Å². The molecule has 0 saturated carbocycles. The van der Waals surface area contributed by atoms with Crippen LogP contribution in [0.3, 0.4) is 0 Å². The van der Waals surface area contributed by atoms with E-state index in [1.165, 1.54) is 180 Å². The van der Waals surface area contributed by atoms with Crippen LogP contribution in [0.4, 0.5) is 0 Å². The lowest BCUT2D eigenvalue weighted by Crippen LogP contribution is -3.00. The highest BCUT2D eigenvalue weighted by molar-refractivity contribution is 5.77. The third-order valence-corrected chi connectivity index (χ3v) is 11.0. The van der Waals surface area contributed by atoms with Crippen LogP contribution in [-0.2, 0) is 19.1 Å². The van der Waals surface area contributed by atoms with E-state index in [1.807, 2.05) is 0 Å². The fourth-order valence-corrected chi connectivity index (χ4v) is 7.65. The van der Waals surface area contributed by atoms with E-state index >= 15 is 0 Å². The topological polar surface area (TPSA) is 52.6 Å². The SMILES string of the molecule is CCCCCCCCCCCCCCCC[N+](C)(C)C(COC(=O)CCC(=O)OCC)[N+](C)(C)CCCCCCCCCCCCCCCC.[Br-].[Br-]. The highest BCUT2D eigenvalue weighted by Crippen LogP contribution is 2.22. The number of ether oxygens (including phenoxy) is 2. The summed E-state index contributed by atoms with van der Waals surface area (Å²) in [5.41, 5.74) is 0. The van der Waals surface area contributed by atoms with Crippen molar-refractivity contribution in [3.05, 3.63) is 0 Å². The Morgan fingerprint density at radius 1 is 0.404 bits per heavy atom.